The van der Waals surface area contributed by atoms with Gasteiger partial charge in [-0.3, -0.25) is 9.97 Å². The molecule has 0 bridgehead atoms. The Labute approximate surface area is 197 Å². The summed E-state index contributed by atoms with van der Waals surface area (Å²) in [5.74, 6) is -0.545. The van der Waals surface area contributed by atoms with E-state index in [2.05, 4.69) is 17.0 Å². The van der Waals surface area contributed by atoms with Crippen molar-refractivity contribution in [2.45, 2.75) is 69.5 Å². The third kappa shape index (κ3) is 5.79. The minimum absolute atomic E-state index is 0.0856. The monoisotopic (exact) mass is 452 g/mol. The summed E-state index contributed by atoms with van der Waals surface area (Å²) < 4.78 is 6.98. The second-order valence-corrected chi connectivity index (χ2v) is 10.2. The van der Waals surface area contributed by atoms with Crippen LogP contribution < -0.4 is 0 Å². The van der Waals surface area contributed by atoms with Crippen LogP contribution in [0.5, 0.6) is 0 Å². The van der Waals surface area contributed by atoms with Crippen molar-refractivity contribution in [3.05, 3.63) is 60.2 Å². The van der Waals surface area contributed by atoms with Crippen molar-refractivity contribution >= 4 is 5.97 Å². The van der Waals surface area contributed by atoms with Crippen molar-refractivity contribution in [1.29, 1.82) is 0 Å². The Kier molecular flexibility index (Phi) is 7.76. The number of aromatic nitrogens is 2. The Morgan fingerprint density at radius 2 is 1.91 bits per heavy atom. The fraction of sp³-hybridized carbons (Fsp3) is 0.593. The highest BCUT2D eigenvalue weighted by molar-refractivity contribution is 5.81. The average Bonchev–Trinajstić information content (AvgIpc) is 2.85. The molecule has 2 heterocycles. The number of nitrogens with zero attached hydrogens (tertiary/aromatic N) is 3. The van der Waals surface area contributed by atoms with Crippen LogP contribution >= 0.6 is 0 Å². The highest BCUT2D eigenvalue weighted by atomic mass is 16.6. The summed E-state index contributed by atoms with van der Waals surface area (Å²) in [4.78, 5) is 22.1. The molecule has 0 amide bonds. The van der Waals surface area contributed by atoms with Crippen molar-refractivity contribution in [2.75, 3.05) is 26.7 Å². The van der Waals surface area contributed by atoms with Gasteiger partial charge in [0.05, 0.1) is 25.8 Å². The number of hydrogen-bond acceptors (Lipinski definition) is 5. The predicted molar refractivity (Wildman–Crippen MR) is 127 cm³/mol. The zero-order chi connectivity index (χ0) is 23.2. The molecule has 2 aliphatic rings. The topological polar surface area (TPSA) is 72.3 Å². The van der Waals surface area contributed by atoms with Gasteiger partial charge in [0.15, 0.2) is 11.7 Å². The summed E-state index contributed by atoms with van der Waals surface area (Å²) in [5.41, 5.74) is 0.123. The lowest BCUT2D eigenvalue weighted by Crippen LogP contribution is -2.55. The number of benzene rings is 1. The van der Waals surface area contributed by atoms with E-state index in [-0.39, 0.29) is 12.0 Å². The van der Waals surface area contributed by atoms with E-state index in [0.717, 1.165) is 81.2 Å². The number of piperidine rings is 1. The summed E-state index contributed by atoms with van der Waals surface area (Å²) in [6.07, 6.45) is 13.9. The van der Waals surface area contributed by atoms with Crippen LogP contribution in [0.1, 0.15) is 62.6 Å². The van der Waals surface area contributed by atoms with Gasteiger partial charge < -0.3 is 14.3 Å². The van der Waals surface area contributed by atoms with Crippen molar-refractivity contribution in [3.8, 4) is 0 Å². The van der Waals surface area contributed by atoms with Crippen molar-refractivity contribution in [3.63, 3.8) is 0 Å². The highest BCUT2D eigenvalue weighted by Crippen LogP contribution is 2.41. The van der Waals surface area contributed by atoms with Gasteiger partial charge in [-0.2, -0.15) is 0 Å². The second kappa shape index (κ2) is 10.7. The van der Waals surface area contributed by atoms with Gasteiger partial charge in [-0.15, -0.1) is 0 Å². The van der Waals surface area contributed by atoms with E-state index in [0.29, 0.717) is 5.56 Å². The van der Waals surface area contributed by atoms with Gasteiger partial charge in [-0.25, -0.2) is 4.79 Å². The van der Waals surface area contributed by atoms with Crippen molar-refractivity contribution in [1.82, 2.24) is 9.97 Å². The molecule has 1 N–H and O–H groups in total. The van der Waals surface area contributed by atoms with Gasteiger partial charge in [-0.1, -0.05) is 49.6 Å². The molecule has 1 aliphatic heterocycles. The van der Waals surface area contributed by atoms with Gasteiger partial charge in [0, 0.05) is 37.4 Å². The number of ether oxygens (including phenoxy) is 1. The Balaban J connectivity index is 1.41. The molecule has 0 radical (unpaired) electrons. The van der Waals surface area contributed by atoms with E-state index in [1.807, 2.05) is 36.5 Å². The normalized spacial score (nSPS) is 25.8. The van der Waals surface area contributed by atoms with E-state index >= 15 is 0 Å². The molecule has 1 aromatic carbocycles. The van der Waals surface area contributed by atoms with Crippen LogP contribution in [0.25, 0.3) is 0 Å². The molecule has 2 aromatic rings. The Bertz CT molecular complexity index is 888. The first-order chi connectivity index (χ1) is 16.0. The number of rotatable bonds is 8. The van der Waals surface area contributed by atoms with Crippen LogP contribution in [0, 0.1) is 5.92 Å². The van der Waals surface area contributed by atoms with Crippen molar-refractivity contribution < 1.29 is 19.1 Å². The standard InChI is InChI=1S/C27H38N3O3/c1-30(18-8-14-24-20-28-16-17-29-24)19-9-15-25(21-30)33-26(31)27(32,22-10-4-2-5-11-22)23-12-6-3-7-13-23/h2,4-5,10-11,16-17,20,23,25,32H,3,6-9,12-15,18-19,21H2,1H3/q+1/t25-,27?,30?/m1/s1. The maximum atomic E-state index is 13.5. The van der Waals surface area contributed by atoms with Crippen LogP contribution in [0.2, 0.25) is 0 Å². The lowest BCUT2D eigenvalue weighted by molar-refractivity contribution is -0.917. The van der Waals surface area contributed by atoms with Gasteiger partial charge in [0.1, 0.15) is 6.54 Å². The molecular weight excluding hydrogens is 414 g/mol. The smallest absolute Gasteiger partial charge is 0.343 e. The molecule has 1 aromatic heterocycles. The zero-order valence-corrected chi connectivity index (χ0v) is 19.9. The highest BCUT2D eigenvalue weighted by Gasteiger charge is 2.48. The Morgan fingerprint density at radius 3 is 2.64 bits per heavy atom. The fourth-order valence-corrected chi connectivity index (χ4v) is 5.75. The molecule has 6 nitrogen and oxygen atoms in total. The van der Waals surface area contributed by atoms with Gasteiger partial charge in [-0.05, 0) is 31.2 Å². The van der Waals surface area contributed by atoms with Crippen LogP contribution in [0.4, 0.5) is 0 Å². The van der Waals surface area contributed by atoms with Crippen LogP contribution in [0.3, 0.4) is 0 Å². The number of quaternary nitrogens is 1. The number of esters is 1. The summed E-state index contributed by atoms with van der Waals surface area (Å²) >= 11 is 0. The summed E-state index contributed by atoms with van der Waals surface area (Å²) in [7, 11) is 2.25. The van der Waals surface area contributed by atoms with Crippen LogP contribution in [-0.4, -0.2) is 58.3 Å². The number of carbonyl (C=O) groups is 1. The van der Waals surface area contributed by atoms with Crippen LogP contribution in [0.15, 0.2) is 48.9 Å². The quantitative estimate of drug-likeness (QED) is 0.484. The number of hydrogen-bond donors (Lipinski definition) is 1. The molecule has 1 saturated carbocycles. The lowest BCUT2D eigenvalue weighted by atomic mass is 9.73. The number of aryl methyl sites for hydroxylation is 1. The number of aliphatic hydroxyl groups is 1. The number of likely N-dealkylation sites (N-methyl/N-ethyl adjacent to an activating group) is 1. The minimum atomic E-state index is -1.56. The van der Waals surface area contributed by atoms with E-state index in [1.54, 1.807) is 12.4 Å². The fourth-order valence-electron chi connectivity index (χ4n) is 5.75. The molecule has 1 saturated heterocycles. The van der Waals surface area contributed by atoms with Gasteiger partial charge in [0.25, 0.3) is 0 Å². The number of carbonyl (C=O) groups excluding carboxylic acids is 1. The Hall–Kier alpha value is -2.31. The molecule has 33 heavy (non-hydrogen) atoms. The van der Waals surface area contributed by atoms with E-state index in [9.17, 15) is 9.90 Å². The van der Waals surface area contributed by atoms with E-state index in [1.165, 1.54) is 6.42 Å². The van der Waals surface area contributed by atoms with Crippen LogP contribution in [-0.2, 0) is 21.6 Å². The molecule has 6 heteroatoms. The summed E-state index contributed by atoms with van der Waals surface area (Å²) in [5, 5.41) is 11.8. The maximum Gasteiger partial charge on any atom is 0.343 e. The predicted octanol–water partition coefficient (Wildman–Crippen LogP) is 4.03. The maximum absolute atomic E-state index is 13.5. The second-order valence-electron chi connectivity index (χ2n) is 10.2. The third-order valence-electron chi connectivity index (χ3n) is 7.61. The molecule has 178 valence electrons. The number of likely N-dealkylation sites (tertiary alicyclic amines) is 1. The van der Waals surface area contributed by atoms with Gasteiger partial charge in [0.2, 0.25) is 0 Å². The Morgan fingerprint density at radius 1 is 1.12 bits per heavy atom. The molecule has 4 rings (SSSR count). The van der Waals surface area contributed by atoms with E-state index in [4.69, 9.17) is 4.74 Å². The van der Waals surface area contributed by atoms with E-state index < -0.39 is 11.6 Å². The minimum Gasteiger partial charge on any atom is -0.454 e. The first-order valence-corrected chi connectivity index (χ1v) is 12.6. The summed E-state index contributed by atoms with van der Waals surface area (Å²) in [6, 6.07) is 9.43. The first-order valence-electron chi connectivity index (χ1n) is 12.6. The largest absolute Gasteiger partial charge is 0.454 e. The molecule has 3 atom stereocenters. The zero-order valence-electron chi connectivity index (χ0n) is 19.9. The molecule has 2 fully saturated rings. The van der Waals surface area contributed by atoms with Gasteiger partial charge >= 0.3 is 5.97 Å². The average molecular weight is 453 g/mol. The first kappa shape index (κ1) is 23.8. The molecular formula is C27H38N3O3+. The van der Waals surface area contributed by atoms with Crippen molar-refractivity contribution in [2.24, 2.45) is 5.92 Å². The lowest BCUT2D eigenvalue weighted by Gasteiger charge is -2.42. The molecule has 0 spiro atoms. The third-order valence-corrected chi connectivity index (χ3v) is 7.61. The summed E-state index contributed by atoms with van der Waals surface area (Å²) in [6.45, 7) is 2.89. The molecule has 1 aliphatic carbocycles. The SMILES string of the molecule is C[N+]1(CCCc2cnccn2)CCC[C@@H](OC(=O)C(O)(c2ccccc2)C2CCCCC2)C1. The molecule has 2 unspecified atom stereocenters.